The summed E-state index contributed by atoms with van der Waals surface area (Å²) in [6.45, 7) is 6.18. The standard InChI is InChI=1S/C15H25N3O3S/c1-3-9-16-10-11-17-15(19)14-7-5-13(6-8-14)12-18-22(20,21)4-2/h5-8,16,18H,3-4,9-12H2,1-2H3,(H,17,19). The van der Waals surface area contributed by atoms with Crippen LogP contribution in [0.15, 0.2) is 24.3 Å². The van der Waals surface area contributed by atoms with Gasteiger partial charge in [0, 0.05) is 25.2 Å². The molecule has 0 saturated heterocycles. The van der Waals surface area contributed by atoms with Crippen molar-refractivity contribution in [1.29, 1.82) is 0 Å². The summed E-state index contributed by atoms with van der Waals surface area (Å²) in [6.07, 6.45) is 1.07. The zero-order valence-electron chi connectivity index (χ0n) is 13.2. The maximum atomic E-state index is 11.9. The Bertz CT molecular complexity index is 556. The second-order valence-electron chi connectivity index (χ2n) is 4.93. The fourth-order valence-electron chi connectivity index (χ4n) is 1.74. The van der Waals surface area contributed by atoms with Gasteiger partial charge in [0.05, 0.1) is 5.75 Å². The molecule has 1 aromatic carbocycles. The fourth-order valence-corrected chi connectivity index (χ4v) is 2.33. The Kier molecular flexibility index (Phi) is 8.08. The van der Waals surface area contributed by atoms with E-state index in [2.05, 4.69) is 22.3 Å². The maximum Gasteiger partial charge on any atom is 0.251 e. The number of carbonyl (C=O) groups is 1. The van der Waals surface area contributed by atoms with Crippen LogP contribution in [0.5, 0.6) is 0 Å². The lowest BCUT2D eigenvalue weighted by Gasteiger charge is -2.08. The first-order valence-corrected chi connectivity index (χ1v) is 9.19. The van der Waals surface area contributed by atoms with Gasteiger partial charge in [0.15, 0.2) is 0 Å². The molecule has 0 aliphatic rings. The first-order valence-electron chi connectivity index (χ1n) is 7.53. The summed E-state index contributed by atoms with van der Waals surface area (Å²) >= 11 is 0. The summed E-state index contributed by atoms with van der Waals surface area (Å²) in [7, 11) is -3.20. The molecule has 22 heavy (non-hydrogen) atoms. The van der Waals surface area contributed by atoms with Gasteiger partial charge in [0.2, 0.25) is 10.0 Å². The van der Waals surface area contributed by atoms with Crippen LogP contribution in [0.25, 0.3) is 0 Å². The number of carbonyl (C=O) groups excluding carboxylic acids is 1. The second-order valence-corrected chi connectivity index (χ2v) is 7.02. The van der Waals surface area contributed by atoms with E-state index in [1.165, 1.54) is 0 Å². The fraction of sp³-hybridized carbons (Fsp3) is 0.533. The van der Waals surface area contributed by atoms with Crippen molar-refractivity contribution >= 4 is 15.9 Å². The van der Waals surface area contributed by atoms with E-state index in [0.29, 0.717) is 12.1 Å². The molecule has 124 valence electrons. The highest BCUT2D eigenvalue weighted by Gasteiger charge is 2.07. The van der Waals surface area contributed by atoms with E-state index in [-0.39, 0.29) is 18.2 Å². The Morgan fingerprint density at radius 2 is 1.73 bits per heavy atom. The first-order chi connectivity index (χ1) is 10.5. The second kappa shape index (κ2) is 9.55. The van der Waals surface area contributed by atoms with Gasteiger partial charge in [0.25, 0.3) is 5.91 Å². The minimum absolute atomic E-state index is 0.0551. The molecule has 0 saturated carbocycles. The van der Waals surface area contributed by atoms with Gasteiger partial charge in [-0.05, 0) is 37.6 Å². The van der Waals surface area contributed by atoms with Crippen molar-refractivity contribution in [2.75, 3.05) is 25.4 Å². The molecule has 0 aromatic heterocycles. The van der Waals surface area contributed by atoms with E-state index in [1.54, 1.807) is 31.2 Å². The molecule has 0 bridgehead atoms. The van der Waals surface area contributed by atoms with E-state index < -0.39 is 10.0 Å². The van der Waals surface area contributed by atoms with E-state index in [1.807, 2.05) is 0 Å². The van der Waals surface area contributed by atoms with Gasteiger partial charge in [0.1, 0.15) is 0 Å². The average molecular weight is 327 g/mol. The number of benzene rings is 1. The van der Waals surface area contributed by atoms with Crippen molar-refractivity contribution in [3.8, 4) is 0 Å². The number of rotatable bonds is 10. The number of amides is 1. The first kappa shape index (κ1) is 18.6. The topological polar surface area (TPSA) is 87.3 Å². The lowest BCUT2D eigenvalue weighted by molar-refractivity contribution is 0.0954. The SMILES string of the molecule is CCCNCCNC(=O)c1ccc(CNS(=O)(=O)CC)cc1. The molecule has 0 radical (unpaired) electrons. The molecule has 7 heteroatoms. The predicted octanol–water partition coefficient (Wildman–Crippen LogP) is 0.855. The third kappa shape index (κ3) is 7.02. The molecule has 0 fully saturated rings. The summed E-state index contributed by atoms with van der Waals surface area (Å²) in [4.78, 5) is 11.9. The van der Waals surface area contributed by atoms with E-state index in [0.717, 1.165) is 25.1 Å². The Morgan fingerprint density at radius 3 is 2.32 bits per heavy atom. The maximum absolute atomic E-state index is 11.9. The third-order valence-corrected chi connectivity index (χ3v) is 4.45. The van der Waals surface area contributed by atoms with Crippen LogP contribution in [0, 0.1) is 0 Å². The van der Waals surface area contributed by atoms with Crippen LogP contribution in [0.1, 0.15) is 36.2 Å². The number of hydrogen-bond donors (Lipinski definition) is 3. The van der Waals surface area contributed by atoms with Gasteiger partial charge < -0.3 is 10.6 Å². The molecule has 6 nitrogen and oxygen atoms in total. The highest BCUT2D eigenvalue weighted by molar-refractivity contribution is 7.89. The Hall–Kier alpha value is -1.44. The highest BCUT2D eigenvalue weighted by atomic mass is 32.2. The van der Waals surface area contributed by atoms with E-state index >= 15 is 0 Å². The summed E-state index contributed by atoms with van der Waals surface area (Å²) in [5, 5.41) is 6.04. The van der Waals surface area contributed by atoms with Crippen LogP contribution >= 0.6 is 0 Å². The lowest BCUT2D eigenvalue weighted by Crippen LogP contribution is -2.32. The highest BCUT2D eigenvalue weighted by Crippen LogP contribution is 2.05. The molecule has 3 N–H and O–H groups in total. The van der Waals surface area contributed by atoms with Gasteiger partial charge in [-0.15, -0.1) is 0 Å². The zero-order valence-corrected chi connectivity index (χ0v) is 14.0. The average Bonchev–Trinajstić information content (AvgIpc) is 2.53. The van der Waals surface area contributed by atoms with Crippen molar-refractivity contribution in [2.45, 2.75) is 26.8 Å². The quantitative estimate of drug-likeness (QED) is 0.556. The minimum Gasteiger partial charge on any atom is -0.351 e. The number of nitrogens with one attached hydrogen (secondary N) is 3. The van der Waals surface area contributed by atoms with Crippen molar-refractivity contribution in [3.05, 3.63) is 35.4 Å². The predicted molar refractivity (Wildman–Crippen MR) is 88.2 cm³/mol. The van der Waals surface area contributed by atoms with Gasteiger partial charge in [-0.2, -0.15) is 0 Å². The smallest absolute Gasteiger partial charge is 0.251 e. The molecule has 0 unspecified atom stereocenters. The van der Waals surface area contributed by atoms with E-state index in [4.69, 9.17) is 0 Å². The van der Waals surface area contributed by atoms with Crippen LogP contribution in [0.2, 0.25) is 0 Å². The van der Waals surface area contributed by atoms with Crippen molar-refractivity contribution in [2.24, 2.45) is 0 Å². The van der Waals surface area contributed by atoms with Gasteiger partial charge in [-0.1, -0.05) is 19.1 Å². The van der Waals surface area contributed by atoms with Crippen LogP contribution < -0.4 is 15.4 Å². The van der Waals surface area contributed by atoms with E-state index in [9.17, 15) is 13.2 Å². The largest absolute Gasteiger partial charge is 0.351 e. The molecule has 0 heterocycles. The molecule has 0 atom stereocenters. The van der Waals surface area contributed by atoms with Crippen LogP contribution in [0.3, 0.4) is 0 Å². The molecular weight excluding hydrogens is 302 g/mol. The van der Waals surface area contributed by atoms with Gasteiger partial charge in [-0.3, -0.25) is 4.79 Å². The van der Waals surface area contributed by atoms with Crippen LogP contribution in [-0.4, -0.2) is 39.7 Å². The molecule has 1 aromatic rings. The minimum atomic E-state index is -3.20. The van der Waals surface area contributed by atoms with Gasteiger partial charge in [-0.25, -0.2) is 13.1 Å². The molecule has 1 rings (SSSR count). The molecular formula is C15H25N3O3S. The van der Waals surface area contributed by atoms with Crippen molar-refractivity contribution in [1.82, 2.24) is 15.4 Å². The molecule has 0 aliphatic carbocycles. The van der Waals surface area contributed by atoms with Crippen molar-refractivity contribution < 1.29 is 13.2 Å². The number of sulfonamides is 1. The summed E-state index contributed by atoms with van der Waals surface area (Å²) in [5.41, 5.74) is 1.38. The summed E-state index contributed by atoms with van der Waals surface area (Å²) in [5.74, 6) is -0.0708. The monoisotopic (exact) mass is 327 g/mol. The van der Waals surface area contributed by atoms with Crippen LogP contribution in [-0.2, 0) is 16.6 Å². The third-order valence-electron chi connectivity index (χ3n) is 3.11. The number of hydrogen-bond acceptors (Lipinski definition) is 4. The Morgan fingerprint density at radius 1 is 1.05 bits per heavy atom. The molecule has 0 aliphatic heterocycles. The zero-order chi connectivity index (χ0) is 16.4. The normalized spacial score (nSPS) is 11.4. The Labute approximate surface area is 132 Å². The molecule has 0 spiro atoms. The summed E-state index contributed by atoms with van der Waals surface area (Å²) in [6, 6.07) is 6.90. The van der Waals surface area contributed by atoms with Crippen LogP contribution in [0.4, 0.5) is 0 Å². The molecule has 1 amide bonds. The Balaban J connectivity index is 2.42. The lowest BCUT2D eigenvalue weighted by atomic mass is 10.1. The summed E-state index contributed by atoms with van der Waals surface area (Å²) < 4.78 is 25.2. The van der Waals surface area contributed by atoms with Crippen molar-refractivity contribution in [3.63, 3.8) is 0 Å². The van der Waals surface area contributed by atoms with Gasteiger partial charge >= 0.3 is 0 Å².